The molecule has 1 aliphatic carbocycles. The Balaban J connectivity index is 1.92. The number of benzene rings is 1. The summed E-state index contributed by atoms with van der Waals surface area (Å²) in [7, 11) is 1.68. The molecule has 1 aromatic carbocycles. The zero-order valence-corrected chi connectivity index (χ0v) is 12.0. The van der Waals surface area contributed by atoms with Crippen molar-refractivity contribution in [1.29, 1.82) is 0 Å². The summed E-state index contributed by atoms with van der Waals surface area (Å²) in [5, 5.41) is 7.46. The summed E-state index contributed by atoms with van der Waals surface area (Å²) >= 11 is 0. The van der Waals surface area contributed by atoms with E-state index in [1.165, 1.54) is 22.2 Å². The van der Waals surface area contributed by atoms with Gasteiger partial charge < -0.3 is 10.3 Å². The fourth-order valence-corrected chi connectivity index (χ4v) is 3.18. The van der Waals surface area contributed by atoms with Crippen LogP contribution in [0.25, 0.3) is 10.9 Å². The van der Waals surface area contributed by atoms with Crippen LogP contribution in [-0.2, 0) is 11.2 Å². The fraction of sp³-hybridized carbons (Fsp3) is 0.438. The highest BCUT2D eigenvalue weighted by Crippen LogP contribution is 2.34. The van der Waals surface area contributed by atoms with E-state index in [0.717, 1.165) is 19.3 Å². The van der Waals surface area contributed by atoms with Gasteiger partial charge in [-0.1, -0.05) is 18.2 Å². The smallest absolute Gasteiger partial charge is 0.236 e. The number of likely N-dealkylation sites (N-methyl/N-ethyl adjacent to an activating group) is 1. The quantitative estimate of drug-likeness (QED) is 0.802. The maximum absolute atomic E-state index is 11.7. The average Bonchev–Trinajstić information content (AvgIpc) is 2.86. The van der Waals surface area contributed by atoms with Gasteiger partial charge in [-0.05, 0) is 37.8 Å². The first-order valence-corrected chi connectivity index (χ1v) is 7.28. The molecule has 3 rings (SSSR count). The second-order valence-electron chi connectivity index (χ2n) is 5.51. The summed E-state index contributed by atoms with van der Waals surface area (Å²) in [4.78, 5) is 15.2. The lowest BCUT2D eigenvalue weighted by Gasteiger charge is -2.26. The van der Waals surface area contributed by atoms with Gasteiger partial charge in [-0.25, -0.2) is 0 Å². The third-order valence-corrected chi connectivity index (χ3v) is 4.21. The van der Waals surface area contributed by atoms with Crippen LogP contribution in [0.3, 0.4) is 0 Å². The van der Waals surface area contributed by atoms with E-state index < -0.39 is 0 Å². The Morgan fingerprint density at radius 2 is 2.20 bits per heavy atom. The average molecular weight is 271 g/mol. The van der Waals surface area contributed by atoms with Crippen LogP contribution in [0.5, 0.6) is 0 Å². The lowest BCUT2D eigenvalue weighted by atomic mass is 9.91. The zero-order valence-electron chi connectivity index (χ0n) is 12.0. The second kappa shape index (κ2) is 5.29. The van der Waals surface area contributed by atoms with Gasteiger partial charge >= 0.3 is 0 Å². The van der Waals surface area contributed by atoms with E-state index in [-0.39, 0.29) is 18.0 Å². The Bertz CT molecular complexity index is 632. The Morgan fingerprint density at radius 3 is 3.00 bits per heavy atom. The van der Waals surface area contributed by atoms with Gasteiger partial charge in [0.15, 0.2) is 0 Å². The summed E-state index contributed by atoms with van der Waals surface area (Å²) in [6, 6.07) is 8.49. The standard InChI is InChI=1S/C16H21N3O/c1-10(16(20)17-2)18-14-9-5-7-12-11-6-3-4-8-13(11)19-15(12)14/h3-4,6,8,10,14,18-19H,5,7,9H2,1-2H3,(H,17,20). The van der Waals surface area contributed by atoms with Gasteiger partial charge in [0.05, 0.1) is 6.04 Å². The van der Waals surface area contributed by atoms with Crippen molar-refractivity contribution in [3.8, 4) is 0 Å². The molecule has 2 aromatic rings. The van der Waals surface area contributed by atoms with E-state index in [0.29, 0.717) is 0 Å². The van der Waals surface area contributed by atoms with Crippen molar-refractivity contribution in [2.24, 2.45) is 0 Å². The van der Waals surface area contributed by atoms with Crippen LogP contribution in [0.1, 0.15) is 37.1 Å². The number of para-hydroxylation sites is 1. The SMILES string of the molecule is CNC(=O)C(C)NC1CCCc2c1[nH]c1ccccc21. The maximum Gasteiger partial charge on any atom is 0.236 e. The molecule has 0 spiro atoms. The van der Waals surface area contributed by atoms with Gasteiger partial charge in [0, 0.05) is 29.7 Å². The molecule has 0 radical (unpaired) electrons. The molecular formula is C16H21N3O. The fourth-order valence-electron chi connectivity index (χ4n) is 3.18. The van der Waals surface area contributed by atoms with Crippen LogP contribution < -0.4 is 10.6 Å². The van der Waals surface area contributed by atoms with Crippen LogP contribution >= 0.6 is 0 Å². The first-order chi connectivity index (χ1) is 9.70. The van der Waals surface area contributed by atoms with E-state index in [2.05, 4.69) is 39.9 Å². The zero-order chi connectivity index (χ0) is 14.1. The van der Waals surface area contributed by atoms with E-state index >= 15 is 0 Å². The minimum atomic E-state index is -0.178. The summed E-state index contributed by atoms with van der Waals surface area (Å²) in [6.07, 6.45) is 3.35. The first kappa shape index (κ1) is 13.2. The lowest BCUT2D eigenvalue weighted by Crippen LogP contribution is -2.43. The number of aryl methyl sites for hydroxylation is 1. The van der Waals surface area contributed by atoms with Gasteiger partial charge in [-0.15, -0.1) is 0 Å². The van der Waals surface area contributed by atoms with E-state index in [9.17, 15) is 4.79 Å². The van der Waals surface area contributed by atoms with Crippen molar-refractivity contribution in [2.45, 2.75) is 38.3 Å². The maximum atomic E-state index is 11.7. The van der Waals surface area contributed by atoms with Crippen molar-refractivity contribution >= 4 is 16.8 Å². The number of fused-ring (bicyclic) bond motifs is 3. The van der Waals surface area contributed by atoms with Crippen LogP contribution in [0, 0.1) is 0 Å². The van der Waals surface area contributed by atoms with E-state index in [1.54, 1.807) is 7.05 Å². The minimum Gasteiger partial charge on any atom is -0.358 e. The molecule has 1 amide bonds. The molecular weight excluding hydrogens is 250 g/mol. The third kappa shape index (κ3) is 2.20. The largest absolute Gasteiger partial charge is 0.358 e. The highest BCUT2D eigenvalue weighted by molar-refractivity contribution is 5.85. The Morgan fingerprint density at radius 1 is 1.40 bits per heavy atom. The molecule has 0 saturated carbocycles. The van der Waals surface area contributed by atoms with Crippen molar-refractivity contribution < 1.29 is 4.79 Å². The number of carbonyl (C=O) groups excluding carboxylic acids is 1. The molecule has 1 aliphatic rings. The number of aromatic nitrogens is 1. The third-order valence-electron chi connectivity index (χ3n) is 4.21. The topological polar surface area (TPSA) is 56.9 Å². The molecule has 4 nitrogen and oxygen atoms in total. The second-order valence-corrected chi connectivity index (χ2v) is 5.51. The molecule has 4 heteroatoms. The van der Waals surface area contributed by atoms with Gasteiger partial charge in [0.2, 0.25) is 5.91 Å². The highest BCUT2D eigenvalue weighted by atomic mass is 16.2. The molecule has 20 heavy (non-hydrogen) atoms. The number of amides is 1. The first-order valence-electron chi connectivity index (χ1n) is 7.28. The molecule has 0 fully saturated rings. The predicted octanol–water partition coefficient (Wildman–Crippen LogP) is 2.27. The van der Waals surface area contributed by atoms with Crippen LogP contribution in [-0.4, -0.2) is 24.0 Å². The molecule has 106 valence electrons. The number of hydrogen-bond acceptors (Lipinski definition) is 2. The van der Waals surface area contributed by atoms with Crippen molar-refractivity contribution in [3.05, 3.63) is 35.5 Å². The van der Waals surface area contributed by atoms with Gasteiger partial charge in [0.1, 0.15) is 0 Å². The Kier molecular flexibility index (Phi) is 3.49. The number of H-pyrrole nitrogens is 1. The summed E-state index contributed by atoms with van der Waals surface area (Å²) in [6.45, 7) is 1.91. The molecule has 0 saturated heterocycles. The van der Waals surface area contributed by atoms with Crippen molar-refractivity contribution in [2.75, 3.05) is 7.05 Å². The van der Waals surface area contributed by atoms with E-state index in [4.69, 9.17) is 0 Å². The van der Waals surface area contributed by atoms with Crippen LogP contribution in [0.15, 0.2) is 24.3 Å². The molecule has 3 N–H and O–H groups in total. The molecule has 2 unspecified atom stereocenters. The van der Waals surface area contributed by atoms with Crippen molar-refractivity contribution in [1.82, 2.24) is 15.6 Å². The number of nitrogens with one attached hydrogen (secondary N) is 3. The van der Waals surface area contributed by atoms with Gasteiger partial charge in [0.25, 0.3) is 0 Å². The summed E-state index contributed by atoms with van der Waals surface area (Å²) in [5.74, 6) is 0.0354. The summed E-state index contributed by atoms with van der Waals surface area (Å²) < 4.78 is 0. The normalized spacial score (nSPS) is 19.6. The van der Waals surface area contributed by atoms with Crippen LogP contribution in [0.4, 0.5) is 0 Å². The number of aromatic amines is 1. The monoisotopic (exact) mass is 271 g/mol. The molecule has 0 bridgehead atoms. The summed E-state index contributed by atoms with van der Waals surface area (Å²) in [5.41, 5.74) is 3.86. The molecule has 1 heterocycles. The number of carbonyl (C=O) groups is 1. The van der Waals surface area contributed by atoms with Crippen LogP contribution in [0.2, 0.25) is 0 Å². The molecule has 2 atom stereocenters. The molecule has 1 aromatic heterocycles. The Hall–Kier alpha value is -1.81. The Labute approximate surface area is 118 Å². The van der Waals surface area contributed by atoms with Gasteiger partial charge in [-0.3, -0.25) is 10.1 Å². The molecule has 0 aliphatic heterocycles. The predicted molar refractivity (Wildman–Crippen MR) is 80.6 cm³/mol. The number of hydrogen-bond donors (Lipinski definition) is 3. The minimum absolute atomic E-state index is 0.0354. The van der Waals surface area contributed by atoms with Crippen molar-refractivity contribution in [3.63, 3.8) is 0 Å². The van der Waals surface area contributed by atoms with E-state index in [1.807, 2.05) is 6.92 Å². The highest BCUT2D eigenvalue weighted by Gasteiger charge is 2.26. The number of rotatable bonds is 3. The van der Waals surface area contributed by atoms with Gasteiger partial charge in [-0.2, -0.15) is 0 Å². The lowest BCUT2D eigenvalue weighted by molar-refractivity contribution is -0.122.